The summed E-state index contributed by atoms with van der Waals surface area (Å²) < 4.78 is 5.96. The molecular formula is C21H31N3O2. The van der Waals surface area contributed by atoms with Crippen molar-refractivity contribution in [1.82, 2.24) is 10.2 Å². The Morgan fingerprint density at radius 3 is 2.54 bits per heavy atom. The third-order valence-corrected chi connectivity index (χ3v) is 6.47. The van der Waals surface area contributed by atoms with Gasteiger partial charge in [-0.2, -0.15) is 0 Å². The first kappa shape index (κ1) is 17.8. The lowest BCUT2D eigenvalue weighted by molar-refractivity contribution is -0.0747. The van der Waals surface area contributed by atoms with E-state index in [9.17, 15) is 4.79 Å². The Balaban J connectivity index is 1.43. The van der Waals surface area contributed by atoms with E-state index in [4.69, 9.17) is 4.74 Å². The van der Waals surface area contributed by atoms with Gasteiger partial charge in [0.25, 0.3) is 5.91 Å². The van der Waals surface area contributed by atoms with Crippen molar-refractivity contribution in [2.75, 3.05) is 37.7 Å². The zero-order valence-electron chi connectivity index (χ0n) is 16.0. The summed E-state index contributed by atoms with van der Waals surface area (Å²) in [5.74, 6) is 0.537. The molecule has 26 heavy (non-hydrogen) atoms. The van der Waals surface area contributed by atoms with Crippen molar-refractivity contribution in [3.05, 3.63) is 29.8 Å². The van der Waals surface area contributed by atoms with Crippen LogP contribution >= 0.6 is 0 Å². The topological polar surface area (TPSA) is 44.8 Å². The summed E-state index contributed by atoms with van der Waals surface area (Å²) in [6, 6.07) is 8.62. The molecule has 1 amide bonds. The number of anilines is 1. The van der Waals surface area contributed by atoms with Gasteiger partial charge in [0.2, 0.25) is 0 Å². The fourth-order valence-electron chi connectivity index (χ4n) is 4.99. The number of carbonyl (C=O) groups is 1. The predicted molar refractivity (Wildman–Crippen MR) is 104 cm³/mol. The van der Waals surface area contributed by atoms with Crippen LogP contribution in [-0.4, -0.2) is 61.8 Å². The lowest BCUT2D eigenvalue weighted by Gasteiger charge is -2.51. The van der Waals surface area contributed by atoms with Gasteiger partial charge in [-0.25, -0.2) is 0 Å². The summed E-state index contributed by atoms with van der Waals surface area (Å²) in [5.41, 5.74) is 1.93. The maximum Gasteiger partial charge on any atom is 0.251 e. The van der Waals surface area contributed by atoms with Gasteiger partial charge in [-0.3, -0.25) is 9.69 Å². The van der Waals surface area contributed by atoms with Gasteiger partial charge in [0.1, 0.15) is 0 Å². The Hall–Kier alpha value is -1.59. The van der Waals surface area contributed by atoms with Crippen molar-refractivity contribution < 1.29 is 9.53 Å². The van der Waals surface area contributed by atoms with Crippen LogP contribution in [0.25, 0.3) is 0 Å². The lowest BCUT2D eigenvalue weighted by atomic mass is 9.70. The largest absolute Gasteiger partial charge is 0.376 e. The van der Waals surface area contributed by atoms with Gasteiger partial charge >= 0.3 is 0 Å². The van der Waals surface area contributed by atoms with E-state index in [0.29, 0.717) is 18.1 Å². The second kappa shape index (κ2) is 7.57. The quantitative estimate of drug-likeness (QED) is 0.850. The Kier molecular flexibility index (Phi) is 5.18. The van der Waals surface area contributed by atoms with Crippen LogP contribution in [0.15, 0.2) is 24.3 Å². The molecule has 142 valence electrons. The van der Waals surface area contributed by atoms with Crippen molar-refractivity contribution in [1.29, 1.82) is 0 Å². The Labute approximate surface area is 156 Å². The van der Waals surface area contributed by atoms with Crippen molar-refractivity contribution in [2.45, 2.75) is 51.3 Å². The van der Waals surface area contributed by atoms with Crippen LogP contribution in [0.4, 0.5) is 5.69 Å². The molecule has 4 atom stereocenters. The van der Waals surface area contributed by atoms with E-state index in [1.807, 2.05) is 12.1 Å². The van der Waals surface area contributed by atoms with Gasteiger partial charge in [0.15, 0.2) is 0 Å². The minimum absolute atomic E-state index is 0.0515. The number of likely N-dealkylation sites (tertiary alicyclic amines) is 1. The summed E-state index contributed by atoms with van der Waals surface area (Å²) in [4.78, 5) is 17.7. The van der Waals surface area contributed by atoms with Crippen LogP contribution in [0.2, 0.25) is 0 Å². The summed E-state index contributed by atoms with van der Waals surface area (Å²) in [5, 5.41) is 3.33. The molecule has 2 heterocycles. The molecule has 0 radical (unpaired) electrons. The average Bonchev–Trinajstić information content (AvgIpc) is 3.32. The molecule has 0 aromatic heterocycles. The molecule has 3 aliphatic rings. The normalized spacial score (nSPS) is 30.7. The van der Waals surface area contributed by atoms with Gasteiger partial charge in [0.05, 0.1) is 18.2 Å². The number of benzene rings is 1. The van der Waals surface area contributed by atoms with E-state index in [1.54, 1.807) is 0 Å². The van der Waals surface area contributed by atoms with Crippen molar-refractivity contribution in [3.63, 3.8) is 0 Å². The van der Waals surface area contributed by atoms with Crippen LogP contribution in [0, 0.1) is 5.92 Å². The zero-order chi connectivity index (χ0) is 18.1. The van der Waals surface area contributed by atoms with Crippen LogP contribution in [-0.2, 0) is 4.74 Å². The maximum atomic E-state index is 12.8. The summed E-state index contributed by atoms with van der Waals surface area (Å²) in [6.45, 7) is 9.38. The molecule has 0 spiro atoms. The standard InChI is InChI=1S/C21H31N3O2/c1-3-23(4-2)16-9-7-15(8-10-16)21(25)22-18-17-11-14-26-20(17)19(18)24-12-5-6-13-24/h7-10,17-20H,3-6,11-14H2,1-2H3,(H,22,25)/t17-,18+,19-,20-/m1/s1. The fraction of sp³-hybridized carbons (Fsp3) is 0.667. The highest BCUT2D eigenvalue weighted by Crippen LogP contribution is 2.43. The molecule has 0 bridgehead atoms. The summed E-state index contributed by atoms with van der Waals surface area (Å²) in [6.07, 6.45) is 3.92. The number of fused-ring (bicyclic) bond motifs is 1. The first-order valence-electron chi connectivity index (χ1n) is 10.2. The van der Waals surface area contributed by atoms with Gasteiger partial charge < -0.3 is 15.0 Å². The van der Waals surface area contributed by atoms with Gasteiger partial charge in [-0.1, -0.05) is 0 Å². The van der Waals surface area contributed by atoms with Crippen LogP contribution in [0.5, 0.6) is 0 Å². The molecule has 3 fully saturated rings. The highest BCUT2D eigenvalue weighted by Gasteiger charge is 2.56. The molecule has 1 aromatic rings. The first-order chi connectivity index (χ1) is 12.7. The first-order valence-corrected chi connectivity index (χ1v) is 10.2. The van der Waals surface area contributed by atoms with Crippen LogP contribution < -0.4 is 10.2 Å². The minimum atomic E-state index is 0.0515. The number of nitrogens with zero attached hydrogens (tertiary/aromatic N) is 2. The number of nitrogens with one attached hydrogen (secondary N) is 1. The van der Waals surface area contributed by atoms with E-state index in [2.05, 4.69) is 41.1 Å². The molecule has 2 saturated heterocycles. The Morgan fingerprint density at radius 1 is 1.19 bits per heavy atom. The van der Waals surface area contributed by atoms with Crippen molar-refractivity contribution in [2.24, 2.45) is 5.92 Å². The molecule has 4 rings (SSSR count). The molecule has 2 aliphatic heterocycles. The minimum Gasteiger partial charge on any atom is -0.376 e. The summed E-state index contributed by atoms with van der Waals surface area (Å²) >= 11 is 0. The fourth-order valence-corrected chi connectivity index (χ4v) is 4.99. The van der Waals surface area contributed by atoms with E-state index in [0.717, 1.165) is 44.8 Å². The van der Waals surface area contributed by atoms with E-state index in [1.165, 1.54) is 18.5 Å². The van der Waals surface area contributed by atoms with Gasteiger partial charge in [-0.15, -0.1) is 0 Å². The van der Waals surface area contributed by atoms with Crippen LogP contribution in [0.3, 0.4) is 0 Å². The molecule has 1 aliphatic carbocycles. The van der Waals surface area contributed by atoms with Gasteiger partial charge in [0, 0.05) is 36.9 Å². The van der Waals surface area contributed by atoms with E-state index in [-0.39, 0.29) is 11.9 Å². The summed E-state index contributed by atoms with van der Waals surface area (Å²) in [7, 11) is 0. The van der Waals surface area contributed by atoms with Gasteiger partial charge in [-0.05, 0) is 70.5 Å². The van der Waals surface area contributed by atoms with Crippen LogP contribution in [0.1, 0.15) is 43.5 Å². The van der Waals surface area contributed by atoms with E-state index < -0.39 is 0 Å². The van der Waals surface area contributed by atoms with Crippen molar-refractivity contribution in [3.8, 4) is 0 Å². The SMILES string of the molecule is CCN(CC)c1ccc(C(=O)N[C@H]2[C@H]3CCO[C@H]3[C@@H]2N2CCCC2)cc1. The third-order valence-electron chi connectivity index (χ3n) is 6.47. The number of rotatable bonds is 6. The molecule has 1 aromatic carbocycles. The smallest absolute Gasteiger partial charge is 0.251 e. The molecule has 5 heteroatoms. The monoisotopic (exact) mass is 357 g/mol. The number of hydrogen-bond acceptors (Lipinski definition) is 4. The average molecular weight is 357 g/mol. The third kappa shape index (κ3) is 3.12. The van der Waals surface area contributed by atoms with Crippen molar-refractivity contribution >= 4 is 11.6 Å². The molecule has 1 saturated carbocycles. The molecule has 0 unspecified atom stereocenters. The number of amides is 1. The second-order valence-corrected chi connectivity index (χ2v) is 7.74. The van der Waals surface area contributed by atoms with E-state index >= 15 is 0 Å². The molecule has 5 nitrogen and oxygen atoms in total. The second-order valence-electron chi connectivity index (χ2n) is 7.74. The zero-order valence-corrected chi connectivity index (χ0v) is 16.0. The number of carbonyl (C=O) groups excluding carboxylic acids is 1. The lowest BCUT2D eigenvalue weighted by Crippen LogP contribution is -2.70. The molecule has 1 N–H and O–H groups in total. The Bertz CT molecular complexity index is 618. The molecular weight excluding hydrogens is 326 g/mol. The highest BCUT2D eigenvalue weighted by atomic mass is 16.5. The Morgan fingerprint density at radius 2 is 1.88 bits per heavy atom. The number of hydrogen-bond donors (Lipinski definition) is 1. The number of ether oxygens (including phenoxy) is 1. The maximum absolute atomic E-state index is 12.8. The highest BCUT2D eigenvalue weighted by molar-refractivity contribution is 5.95. The predicted octanol–water partition coefficient (Wildman–Crippen LogP) is 2.51.